The molecule has 4 nitrogen and oxygen atoms in total. The molecule has 18 heavy (non-hydrogen) atoms. The van der Waals surface area contributed by atoms with E-state index in [2.05, 4.69) is 16.4 Å². The monoisotopic (exact) mass is 238 g/mol. The predicted molar refractivity (Wildman–Crippen MR) is 72.4 cm³/mol. The second-order valence-electron chi connectivity index (χ2n) is 4.08. The minimum absolute atomic E-state index is 0.430. The molecule has 0 saturated carbocycles. The maximum atomic E-state index is 8.59. The van der Waals surface area contributed by atoms with Gasteiger partial charge in [-0.05, 0) is 36.2 Å². The van der Waals surface area contributed by atoms with Gasteiger partial charge in [-0.1, -0.05) is 12.1 Å². The average Bonchev–Trinajstić information content (AvgIpc) is 2.37. The van der Waals surface area contributed by atoms with Gasteiger partial charge in [0.05, 0.1) is 24.4 Å². The van der Waals surface area contributed by atoms with Crippen molar-refractivity contribution in [2.75, 3.05) is 11.1 Å². The summed E-state index contributed by atoms with van der Waals surface area (Å²) in [6.45, 7) is 1.94. The van der Waals surface area contributed by atoms with Crippen LogP contribution in [0.3, 0.4) is 0 Å². The van der Waals surface area contributed by atoms with Crippen molar-refractivity contribution in [3.63, 3.8) is 0 Å². The number of hydrogen-bond donors (Lipinski definition) is 2. The highest BCUT2D eigenvalue weighted by atomic mass is 15.0. The largest absolute Gasteiger partial charge is 0.397 e. The smallest absolute Gasteiger partial charge is 0.130 e. The van der Waals surface area contributed by atoms with Gasteiger partial charge in [0.15, 0.2) is 0 Å². The van der Waals surface area contributed by atoms with E-state index >= 15 is 0 Å². The van der Waals surface area contributed by atoms with Crippen LogP contribution in [0.15, 0.2) is 36.5 Å². The van der Waals surface area contributed by atoms with Crippen LogP contribution >= 0.6 is 0 Å². The molecule has 0 spiro atoms. The normalized spacial score (nSPS) is 9.78. The van der Waals surface area contributed by atoms with Gasteiger partial charge in [0, 0.05) is 5.69 Å². The van der Waals surface area contributed by atoms with Gasteiger partial charge in [-0.15, -0.1) is 0 Å². The third kappa shape index (κ3) is 2.77. The van der Waals surface area contributed by atoms with Crippen molar-refractivity contribution < 1.29 is 0 Å². The van der Waals surface area contributed by atoms with Gasteiger partial charge < -0.3 is 11.1 Å². The fraction of sp³-hybridized carbons (Fsp3) is 0.143. The SMILES string of the molecule is Cc1cc(Nc2ccc(CC#N)cc2)ncc1N. The summed E-state index contributed by atoms with van der Waals surface area (Å²) in [6, 6.07) is 11.7. The summed E-state index contributed by atoms with van der Waals surface area (Å²) in [5.41, 5.74) is 9.34. The fourth-order valence-corrected chi connectivity index (χ4v) is 1.58. The maximum absolute atomic E-state index is 8.59. The minimum atomic E-state index is 0.430. The lowest BCUT2D eigenvalue weighted by molar-refractivity contribution is 1.25. The Morgan fingerprint density at radius 2 is 2.06 bits per heavy atom. The van der Waals surface area contributed by atoms with Crippen LogP contribution in [0.4, 0.5) is 17.2 Å². The van der Waals surface area contributed by atoms with Gasteiger partial charge in [0.2, 0.25) is 0 Å². The Morgan fingerprint density at radius 1 is 1.33 bits per heavy atom. The second-order valence-corrected chi connectivity index (χ2v) is 4.08. The van der Waals surface area contributed by atoms with E-state index in [1.54, 1.807) is 6.20 Å². The Bertz CT molecular complexity index is 582. The van der Waals surface area contributed by atoms with Crippen molar-refractivity contribution in [3.05, 3.63) is 47.7 Å². The topological polar surface area (TPSA) is 74.7 Å². The van der Waals surface area contributed by atoms with Crippen LogP contribution in [0.1, 0.15) is 11.1 Å². The van der Waals surface area contributed by atoms with E-state index in [0.29, 0.717) is 12.1 Å². The Balaban J connectivity index is 2.13. The molecule has 0 atom stereocenters. The highest BCUT2D eigenvalue weighted by Gasteiger charge is 1.99. The third-order valence-electron chi connectivity index (χ3n) is 2.66. The number of nitrogens with two attached hydrogens (primary N) is 1. The zero-order valence-corrected chi connectivity index (χ0v) is 10.1. The molecule has 0 radical (unpaired) electrons. The lowest BCUT2D eigenvalue weighted by atomic mass is 10.1. The highest BCUT2D eigenvalue weighted by Crippen LogP contribution is 2.18. The number of hydrogen-bond acceptors (Lipinski definition) is 4. The molecular formula is C14H14N4. The highest BCUT2D eigenvalue weighted by molar-refractivity contribution is 5.59. The Hall–Kier alpha value is -2.54. The van der Waals surface area contributed by atoms with E-state index in [1.807, 2.05) is 37.3 Å². The number of rotatable bonds is 3. The molecule has 3 N–H and O–H groups in total. The van der Waals surface area contributed by atoms with Gasteiger partial charge in [0.1, 0.15) is 5.82 Å². The molecule has 0 bridgehead atoms. The Morgan fingerprint density at radius 3 is 2.67 bits per heavy atom. The van der Waals surface area contributed by atoms with Crippen LogP contribution in [0.2, 0.25) is 0 Å². The first-order chi connectivity index (χ1) is 8.69. The number of benzene rings is 1. The Labute approximate surface area is 106 Å². The summed E-state index contributed by atoms with van der Waals surface area (Å²) in [7, 11) is 0. The second kappa shape index (κ2) is 5.19. The number of nitrogen functional groups attached to an aromatic ring is 1. The summed E-state index contributed by atoms with van der Waals surface area (Å²) in [5.74, 6) is 0.759. The molecule has 0 aliphatic rings. The maximum Gasteiger partial charge on any atom is 0.130 e. The lowest BCUT2D eigenvalue weighted by Gasteiger charge is -2.07. The van der Waals surface area contributed by atoms with Crippen molar-refractivity contribution in [2.24, 2.45) is 0 Å². The van der Waals surface area contributed by atoms with Crippen molar-refractivity contribution in [1.29, 1.82) is 5.26 Å². The molecular weight excluding hydrogens is 224 g/mol. The summed E-state index contributed by atoms with van der Waals surface area (Å²) in [6.07, 6.45) is 2.07. The van der Waals surface area contributed by atoms with Crippen molar-refractivity contribution in [2.45, 2.75) is 13.3 Å². The van der Waals surface area contributed by atoms with Crippen LogP contribution in [-0.2, 0) is 6.42 Å². The Kier molecular flexibility index (Phi) is 3.44. The molecule has 2 aromatic rings. The predicted octanol–water partition coefficient (Wildman–Crippen LogP) is 2.78. The molecule has 1 aromatic carbocycles. The molecule has 0 fully saturated rings. The molecule has 0 amide bonds. The first kappa shape index (κ1) is 11.9. The standard InChI is InChI=1S/C14H14N4/c1-10-8-14(17-9-13(10)16)18-12-4-2-11(3-5-12)6-7-15/h2-5,8-9H,6,16H2,1H3,(H,17,18). The van der Waals surface area contributed by atoms with Crippen molar-refractivity contribution in [1.82, 2.24) is 4.98 Å². The van der Waals surface area contributed by atoms with Crippen LogP contribution in [0.25, 0.3) is 0 Å². The number of anilines is 3. The number of pyridine rings is 1. The molecule has 90 valence electrons. The van der Waals surface area contributed by atoms with Crippen LogP contribution in [0, 0.1) is 18.3 Å². The zero-order chi connectivity index (χ0) is 13.0. The van der Waals surface area contributed by atoms with Gasteiger partial charge in [-0.25, -0.2) is 4.98 Å². The van der Waals surface area contributed by atoms with Gasteiger partial charge in [-0.2, -0.15) is 5.26 Å². The van der Waals surface area contributed by atoms with E-state index in [-0.39, 0.29) is 0 Å². The van der Waals surface area contributed by atoms with Crippen molar-refractivity contribution >= 4 is 17.2 Å². The van der Waals surface area contributed by atoms with Crippen molar-refractivity contribution in [3.8, 4) is 6.07 Å². The number of nitriles is 1. The molecule has 0 aliphatic heterocycles. The van der Waals surface area contributed by atoms with Gasteiger partial charge in [-0.3, -0.25) is 0 Å². The van der Waals surface area contributed by atoms with E-state index in [4.69, 9.17) is 11.0 Å². The quantitative estimate of drug-likeness (QED) is 0.862. The zero-order valence-electron chi connectivity index (χ0n) is 10.1. The number of aromatic nitrogens is 1. The molecule has 0 unspecified atom stereocenters. The van der Waals surface area contributed by atoms with E-state index in [9.17, 15) is 0 Å². The summed E-state index contributed by atoms with van der Waals surface area (Å²) in [5, 5.41) is 11.8. The summed E-state index contributed by atoms with van der Waals surface area (Å²) in [4.78, 5) is 4.20. The third-order valence-corrected chi connectivity index (χ3v) is 2.66. The van der Waals surface area contributed by atoms with E-state index in [1.165, 1.54) is 0 Å². The lowest BCUT2D eigenvalue weighted by Crippen LogP contribution is -1.97. The van der Waals surface area contributed by atoms with Gasteiger partial charge >= 0.3 is 0 Å². The van der Waals surface area contributed by atoms with Crippen LogP contribution in [-0.4, -0.2) is 4.98 Å². The minimum Gasteiger partial charge on any atom is -0.397 e. The first-order valence-corrected chi connectivity index (χ1v) is 5.64. The molecule has 1 heterocycles. The summed E-state index contributed by atoms with van der Waals surface area (Å²) >= 11 is 0. The number of aryl methyl sites for hydroxylation is 1. The average molecular weight is 238 g/mol. The number of nitrogens with one attached hydrogen (secondary N) is 1. The number of nitrogens with zero attached hydrogens (tertiary/aromatic N) is 2. The molecule has 2 rings (SSSR count). The van der Waals surface area contributed by atoms with Crippen LogP contribution in [0.5, 0.6) is 0 Å². The molecule has 0 saturated heterocycles. The molecule has 4 heteroatoms. The van der Waals surface area contributed by atoms with Crippen LogP contribution < -0.4 is 11.1 Å². The van der Waals surface area contributed by atoms with Gasteiger partial charge in [0.25, 0.3) is 0 Å². The molecule has 1 aromatic heterocycles. The fourth-order valence-electron chi connectivity index (χ4n) is 1.58. The van der Waals surface area contributed by atoms with E-state index in [0.717, 1.165) is 22.6 Å². The molecule has 0 aliphatic carbocycles. The summed E-state index contributed by atoms with van der Waals surface area (Å²) < 4.78 is 0. The van der Waals surface area contributed by atoms with E-state index < -0.39 is 0 Å². The first-order valence-electron chi connectivity index (χ1n) is 5.64.